The molecule has 2 amide bonds. The number of hydrogen-bond donors (Lipinski definition) is 1. The van der Waals surface area contributed by atoms with Crippen molar-refractivity contribution >= 4 is 43.5 Å². The third-order valence-corrected chi connectivity index (χ3v) is 9.65. The van der Waals surface area contributed by atoms with Crippen molar-refractivity contribution < 1.29 is 22.7 Å². The van der Waals surface area contributed by atoms with Crippen LogP contribution in [0.2, 0.25) is 0 Å². The number of methoxy groups -OCH3 is 1. The Balaban J connectivity index is 1.69. The Hall–Kier alpha value is -3.37. The molecule has 1 aliphatic carbocycles. The smallest absolute Gasteiger partial charge is 0.264 e. The van der Waals surface area contributed by atoms with Crippen LogP contribution in [-0.4, -0.2) is 50.9 Å². The van der Waals surface area contributed by atoms with Gasteiger partial charge in [-0.05, 0) is 61.7 Å². The van der Waals surface area contributed by atoms with Crippen molar-refractivity contribution in [1.29, 1.82) is 0 Å². The van der Waals surface area contributed by atoms with E-state index in [9.17, 15) is 18.0 Å². The minimum absolute atomic E-state index is 0.0428. The fourth-order valence-corrected chi connectivity index (χ4v) is 6.72. The molecular formula is C31H36BrN3O5S. The molecule has 0 unspecified atom stereocenters. The van der Waals surface area contributed by atoms with Gasteiger partial charge in [-0.25, -0.2) is 8.42 Å². The summed E-state index contributed by atoms with van der Waals surface area (Å²) >= 11 is 3.43. The molecule has 1 aliphatic rings. The van der Waals surface area contributed by atoms with Crippen LogP contribution < -0.4 is 14.4 Å². The zero-order valence-corrected chi connectivity index (χ0v) is 25.7. The zero-order chi connectivity index (χ0) is 29.4. The van der Waals surface area contributed by atoms with Gasteiger partial charge in [-0.1, -0.05) is 77.7 Å². The van der Waals surface area contributed by atoms with Gasteiger partial charge >= 0.3 is 0 Å². The largest absolute Gasteiger partial charge is 0.495 e. The number of ether oxygens (including phenoxy) is 1. The predicted molar refractivity (Wildman–Crippen MR) is 163 cm³/mol. The number of sulfonamides is 1. The maximum absolute atomic E-state index is 14.1. The minimum Gasteiger partial charge on any atom is -0.495 e. The van der Waals surface area contributed by atoms with E-state index in [2.05, 4.69) is 21.2 Å². The fourth-order valence-electron chi connectivity index (χ4n) is 5.01. The molecule has 1 N–H and O–H groups in total. The number of nitrogens with one attached hydrogen (secondary N) is 1. The van der Waals surface area contributed by atoms with E-state index in [1.807, 2.05) is 24.3 Å². The van der Waals surface area contributed by atoms with E-state index in [0.717, 1.165) is 46.4 Å². The first-order valence-corrected chi connectivity index (χ1v) is 16.0. The maximum atomic E-state index is 14.1. The summed E-state index contributed by atoms with van der Waals surface area (Å²) in [4.78, 5) is 29.0. The lowest BCUT2D eigenvalue weighted by molar-refractivity contribution is -0.139. The maximum Gasteiger partial charge on any atom is 0.264 e. The van der Waals surface area contributed by atoms with Crippen LogP contribution in [0.15, 0.2) is 88.2 Å². The second kappa shape index (κ2) is 14.0. The van der Waals surface area contributed by atoms with E-state index < -0.39 is 28.5 Å². The highest BCUT2D eigenvalue weighted by Crippen LogP contribution is 2.32. The molecule has 8 nitrogen and oxygen atoms in total. The number of carbonyl (C=O) groups excluding carboxylic acids is 2. The topological polar surface area (TPSA) is 96.0 Å². The molecule has 4 rings (SSSR count). The second-order valence-electron chi connectivity index (χ2n) is 10.2. The molecule has 10 heteroatoms. The third-order valence-electron chi connectivity index (χ3n) is 7.35. The average Bonchev–Trinajstić information content (AvgIpc) is 3.00. The number of anilines is 1. The molecule has 0 bridgehead atoms. The van der Waals surface area contributed by atoms with Gasteiger partial charge in [0.05, 0.1) is 17.7 Å². The number of amides is 2. The Morgan fingerprint density at radius 1 is 0.951 bits per heavy atom. The predicted octanol–water partition coefficient (Wildman–Crippen LogP) is 5.52. The molecule has 41 heavy (non-hydrogen) atoms. The van der Waals surface area contributed by atoms with Gasteiger partial charge in [0.2, 0.25) is 11.8 Å². The average molecular weight is 643 g/mol. The molecule has 1 fully saturated rings. The molecule has 0 heterocycles. The molecule has 0 saturated heterocycles. The number of para-hydroxylation sites is 2. The van der Waals surface area contributed by atoms with Crippen molar-refractivity contribution in [2.24, 2.45) is 0 Å². The van der Waals surface area contributed by atoms with E-state index in [1.54, 1.807) is 49.4 Å². The van der Waals surface area contributed by atoms with Crippen LogP contribution in [0.5, 0.6) is 5.75 Å². The van der Waals surface area contributed by atoms with Crippen LogP contribution in [0, 0.1) is 0 Å². The lowest BCUT2D eigenvalue weighted by Gasteiger charge is -2.33. The highest BCUT2D eigenvalue weighted by molar-refractivity contribution is 9.10. The van der Waals surface area contributed by atoms with Crippen molar-refractivity contribution in [2.75, 3.05) is 18.0 Å². The fraction of sp³-hybridized carbons (Fsp3) is 0.355. The van der Waals surface area contributed by atoms with E-state index in [1.165, 1.54) is 24.1 Å². The van der Waals surface area contributed by atoms with Crippen LogP contribution in [-0.2, 0) is 26.2 Å². The van der Waals surface area contributed by atoms with Crippen molar-refractivity contribution in [3.63, 3.8) is 0 Å². The normalized spacial score (nSPS) is 14.6. The Morgan fingerprint density at radius 2 is 1.59 bits per heavy atom. The minimum atomic E-state index is -4.16. The van der Waals surface area contributed by atoms with Crippen LogP contribution in [0.25, 0.3) is 0 Å². The van der Waals surface area contributed by atoms with Gasteiger partial charge in [0.1, 0.15) is 18.3 Å². The molecule has 218 valence electrons. The van der Waals surface area contributed by atoms with E-state index in [-0.39, 0.29) is 29.1 Å². The third kappa shape index (κ3) is 7.68. The summed E-state index contributed by atoms with van der Waals surface area (Å²) in [5, 5.41) is 3.12. The lowest BCUT2D eigenvalue weighted by Crippen LogP contribution is -2.53. The van der Waals surface area contributed by atoms with Gasteiger partial charge < -0.3 is 15.0 Å². The van der Waals surface area contributed by atoms with E-state index in [0.29, 0.717) is 5.75 Å². The van der Waals surface area contributed by atoms with Gasteiger partial charge in [-0.3, -0.25) is 13.9 Å². The van der Waals surface area contributed by atoms with Crippen LogP contribution in [0.4, 0.5) is 5.69 Å². The highest BCUT2D eigenvalue weighted by Gasteiger charge is 2.34. The van der Waals surface area contributed by atoms with E-state index >= 15 is 0 Å². The lowest BCUT2D eigenvalue weighted by atomic mass is 9.95. The number of halogens is 1. The summed E-state index contributed by atoms with van der Waals surface area (Å²) in [7, 11) is -2.71. The molecule has 0 radical (unpaired) electrons. The molecule has 3 aromatic rings. The van der Waals surface area contributed by atoms with Crippen molar-refractivity contribution in [2.45, 2.75) is 62.6 Å². The monoisotopic (exact) mass is 641 g/mol. The molecule has 0 spiro atoms. The molecule has 1 atom stereocenters. The van der Waals surface area contributed by atoms with Crippen LogP contribution >= 0.6 is 15.9 Å². The summed E-state index contributed by atoms with van der Waals surface area (Å²) in [6.45, 7) is 1.31. The number of hydrogen-bond acceptors (Lipinski definition) is 5. The van der Waals surface area contributed by atoms with Gasteiger partial charge in [0.15, 0.2) is 0 Å². The first-order chi connectivity index (χ1) is 19.7. The van der Waals surface area contributed by atoms with Gasteiger partial charge in [0, 0.05) is 17.1 Å². The Morgan fingerprint density at radius 3 is 2.24 bits per heavy atom. The number of nitrogens with zero attached hydrogens (tertiary/aromatic N) is 2. The SMILES string of the molecule is COc1ccccc1N(CC(=O)N(Cc1ccc(Br)cc1)[C@@H](C)C(=O)NC1CCCCC1)S(=O)(=O)c1ccccc1. The summed E-state index contributed by atoms with van der Waals surface area (Å²) in [5.41, 5.74) is 1.05. The van der Waals surface area contributed by atoms with Gasteiger partial charge in [-0.15, -0.1) is 0 Å². The number of benzene rings is 3. The summed E-state index contributed by atoms with van der Waals surface area (Å²) in [6.07, 6.45) is 5.11. The summed E-state index contributed by atoms with van der Waals surface area (Å²) < 4.78 is 35.3. The zero-order valence-electron chi connectivity index (χ0n) is 23.3. The van der Waals surface area contributed by atoms with E-state index in [4.69, 9.17) is 4.74 Å². The number of rotatable bonds is 11. The quantitative estimate of drug-likeness (QED) is 0.297. The molecule has 1 saturated carbocycles. The Kier molecular flexibility index (Phi) is 10.4. The Labute approximate surface area is 250 Å². The van der Waals surface area contributed by atoms with Crippen LogP contribution in [0.3, 0.4) is 0 Å². The Bertz CT molecular complexity index is 1430. The van der Waals surface area contributed by atoms with Crippen LogP contribution in [0.1, 0.15) is 44.6 Å². The van der Waals surface area contributed by atoms with Gasteiger partial charge in [-0.2, -0.15) is 0 Å². The molecule has 0 aliphatic heterocycles. The standard InChI is InChI=1S/C31H36BrN3O5S/c1-23(31(37)33-26-11-5-3-6-12-26)34(21-24-17-19-25(32)20-18-24)30(36)22-35(28-15-9-10-16-29(28)40-2)41(38,39)27-13-7-4-8-14-27/h4,7-10,13-20,23,26H,3,5-6,11-12,21-22H2,1-2H3,(H,33,37)/t23-/m0/s1. The first-order valence-electron chi connectivity index (χ1n) is 13.8. The molecule has 3 aromatic carbocycles. The van der Waals surface area contributed by atoms with Crippen molar-refractivity contribution in [3.8, 4) is 5.75 Å². The second-order valence-corrected chi connectivity index (χ2v) is 12.9. The molecular weight excluding hydrogens is 606 g/mol. The first kappa shape index (κ1) is 30.6. The summed E-state index contributed by atoms with van der Waals surface area (Å²) in [6, 6.07) is 21.4. The van der Waals surface area contributed by atoms with Crippen molar-refractivity contribution in [3.05, 3.63) is 88.9 Å². The summed E-state index contributed by atoms with van der Waals surface area (Å²) in [5.74, 6) is -0.455. The number of carbonyl (C=O) groups is 2. The van der Waals surface area contributed by atoms with Gasteiger partial charge in [0.25, 0.3) is 10.0 Å². The van der Waals surface area contributed by atoms with Crippen molar-refractivity contribution in [1.82, 2.24) is 10.2 Å². The highest BCUT2D eigenvalue weighted by atomic mass is 79.9. The molecule has 0 aromatic heterocycles.